The molecule has 6 heterocycles. The van der Waals surface area contributed by atoms with Gasteiger partial charge in [-0.15, -0.1) is 0 Å². The second-order valence-electron chi connectivity index (χ2n) is 10.1. The van der Waals surface area contributed by atoms with Gasteiger partial charge in [-0.05, 0) is 25.1 Å². The number of nitrogens with zero attached hydrogens (tertiary/aromatic N) is 8. The molecule has 2 saturated heterocycles. The van der Waals surface area contributed by atoms with Gasteiger partial charge in [-0.3, -0.25) is 9.13 Å². The fraction of sp³-hybridized carbons (Fsp3) is 0.583. The fourth-order valence-corrected chi connectivity index (χ4v) is 7.94. The van der Waals surface area contributed by atoms with Crippen LogP contribution < -0.4 is 11.5 Å². The van der Waals surface area contributed by atoms with E-state index in [-0.39, 0.29) is 47.0 Å². The summed E-state index contributed by atoms with van der Waals surface area (Å²) in [5, 5.41) is 51.1. The first-order valence-electron chi connectivity index (χ1n) is 13.5. The highest BCUT2D eigenvalue weighted by Gasteiger charge is 2.73. The summed E-state index contributed by atoms with van der Waals surface area (Å²) in [7, 11) is 0. The van der Waals surface area contributed by atoms with E-state index >= 15 is 0 Å². The van der Waals surface area contributed by atoms with Gasteiger partial charge in [-0.1, -0.05) is 6.92 Å². The van der Waals surface area contributed by atoms with Crippen LogP contribution in [0.4, 0.5) is 11.6 Å². The molecule has 0 spiro atoms. The van der Waals surface area contributed by atoms with Gasteiger partial charge in [0, 0.05) is 6.61 Å². The van der Waals surface area contributed by atoms with E-state index in [4.69, 9.17) is 25.7 Å². The van der Waals surface area contributed by atoms with Gasteiger partial charge in [0.15, 0.2) is 28.5 Å². The number of aliphatic hydroxyl groups excluding tert-OH is 5. The average Bonchev–Trinajstić information content (AvgIpc) is 3.75. The van der Waals surface area contributed by atoms with Crippen LogP contribution in [-0.4, -0.2) is 121 Å². The minimum Gasteiger partial charge on any atom is -0.394 e. The molecule has 43 heavy (non-hydrogen) atoms. The summed E-state index contributed by atoms with van der Waals surface area (Å²) in [6.07, 6.45) is -2.11. The van der Waals surface area contributed by atoms with Crippen molar-refractivity contribution < 1.29 is 39.7 Å². The number of imidazole rings is 2. The van der Waals surface area contributed by atoms with Gasteiger partial charge >= 0.3 is 0 Å². The van der Waals surface area contributed by atoms with Crippen molar-refractivity contribution in [1.29, 1.82) is 0 Å². The van der Waals surface area contributed by atoms with Crippen LogP contribution in [0.25, 0.3) is 22.3 Å². The Morgan fingerprint density at radius 1 is 0.837 bits per heavy atom. The van der Waals surface area contributed by atoms with Crippen LogP contribution in [0.3, 0.4) is 0 Å². The van der Waals surface area contributed by atoms with Crippen LogP contribution in [0.15, 0.2) is 25.3 Å². The maximum Gasteiger partial charge on any atom is 0.233 e. The molecule has 0 aromatic carbocycles. The summed E-state index contributed by atoms with van der Waals surface area (Å²) in [6, 6.07) is 0. The molecule has 2 fully saturated rings. The lowest BCUT2D eigenvalue weighted by molar-refractivity contribution is -0.172. The van der Waals surface area contributed by atoms with Crippen LogP contribution in [-0.2, 0) is 24.3 Å². The van der Waals surface area contributed by atoms with E-state index in [2.05, 4.69) is 29.9 Å². The van der Waals surface area contributed by atoms with Crippen LogP contribution in [0, 0.1) is 0 Å². The number of aliphatic hydroxyl groups is 5. The summed E-state index contributed by atoms with van der Waals surface area (Å²) in [5.41, 5.74) is 11.2. The number of hydrogen-bond acceptors (Lipinski definition) is 17. The van der Waals surface area contributed by atoms with E-state index < -0.39 is 59.4 Å². The normalized spacial score (nSPS) is 34.5. The molecule has 9 N–H and O–H groups in total. The third kappa shape index (κ3) is 3.97. The standard InChI is InChI=1S/C24H32N10O8S/c1-3-22(40-4-2)16(38)12(6-36)42-24(22,34-10-32-14-19(26)28-8-30-21(14)34)43-23(17(39)15(37)11(5-35)41-23)33-9-31-13-18(25)27-7-29-20(13)33/h7-12,15-17,35-39H,3-6H2,1-2H3,(H2,25,27,29)(H2,26,28,30)/t11-,12-,15-,16-,17-,22-,23+,24+/m1/s1. The Labute approximate surface area is 247 Å². The number of hydrogen-bond donors (Lipinski definition) is 7. The molecular formula is C24H32N10O8S. The van der Waals surface area contributed by atoms with E-state index in [9.17, 15) is 25.5 Å². The molecule has 4 aromatic rings. The van der Waals surface area contributed by atoms with E-state index in [0.29, 0.717) is 0 Å². The number of ether oxygens (including phenoxy) is 3. The van der Waals surface area contributed by atoms with Gasteiger partial charge < -0.3 is 51.2 Å². The van der Waals surface area contributed by atoms with Gasteiger partial charge in [0.1, 0.15) is 66.9 Å². The topological polar surface area (TPSA) is 268 Å². The van der Waals surface area contributed by atoms with Gasteiger partial charge in [0.25, 0.3) is 0 Å². The maximum absolute atomic E-state index is 11.8. The average molecular weight is 621 g/mol. The van der Waals surface area contributed by atoms with E-state index in [1.54, 1.807) is 13.8 Å². The zero-order chi connectivity index (χ0) is 30.7. The molecule has 0 saturated carbocycles. The molecule has 0 amide bonds. The maximum atomic E-state index is 11.8. The van der Waals surface area contributed by atoms with Crippen LogP contribution in [0.5, 0.6) is 0 Å². The minimum atomic E-state index is -2.08. The highest BCUT2D eigenvalue weighted by Crippen LogP contribution is 2.62. The predicted molar refractivity (Wildman–Crippen MR) is 150 cm³/mol. The number of nitrogens with two attached hydrogens (primary N) is 2. The summed E-state index contributed by atoms with van der Waals surface area (Å²) < 4.78 is 22.0. The second kappa shape index (κ2) is 10.7. The molecule has 6 rings (SSSR count). The third-order valence-corrected chi connectivity index (χ3v) is 9.76. The SMILES string of the molecule is CCO[C@]1(CC)[C@H](O)[C@@H](CO)O[C@@]1(S[C@@]1(n2cnc3c(N)ncnc32)O[C@H](CO)[C@@H](O)[C@H]1O)n1cnc2c(N)ncnc21. The van der Waals surface area contributed by atoms with E-state index in [1.807, 2.05) is 0 Å². The Balaban J connectivity index is 1.69. The van der Waals surface area contributed by atoms with Crippen molar-refractivity contribution in [3.05, 3.63) is 25.3 Å². The van der Waals surface area contributed by atoms with Crippen molar-refractivity contribution in [3.8, 4) is 0 Å². The number of thioether (sulfide) groups is 1. The van der Waals surface area contributed by atoms with Crippen molar-refractivity contribution in [2.24, 2.45) is 0 Å². The van der Waals surface area contributed by atoms with Crippen LogP contribution >= 0.6 is 11.8 Å². The van der Waals surface area contributed by atoms with Crippen molar-refractivity contribution >= 4 is 45.7 Å². The van der Waals surface area contributed by atoms with Crippen molar-refractivity contribution in [2.75, 3.05) is 31.3 Å². The molecule has 0 aliphatic carbocycles. The van der Waals surface area contributed by atoms with Gasteiger partial charge in [0.2, 0.25) is 10.1 Å². The van der Waals surface area contributed by atoms with Gasteiger partial charge in [0.05, 0.1) is 13.2 Å². The van der Waals surface area contributed by atoms with E-state index in [0.717, 1.165) is 11.8 Å². The number of nitrogen functional groups attached to an aromatic ring is 2. The highest BCUT2D eigenvalue weighted by molar-refractivity contribution is 8.00. The quantitative estimate of drug-likeness (QED) is 0.105. The largest absolute Gasteiger partial charge is 0.394 e. The lowest BCUT2D eigenvalue weighted by Gasteiger charge is -2.48. The Hall–Kier alpha value is -3.27. The first-order chi connectivity index (χ1) is 20.6. The molecule has 4 aromatic heterocycles. The molecule has 19 heteroatoms. The summed E-state index contributed by atoms with van der Waals surface area (Å²) in [5.74, 6) is 0.110. The number of aromatic nitrogens is 8. The Morgan fingerprint density at radius 3 is 1.95 bits per heavy atom. The monoisotopic (exact) mass is 620 g/mol. The third-order valence-electron chi connectivity index (χ3n) is 8.02. The molecule has 0 unspecified atom stereocenters. The van der Waals surface area contributed by atoms with Gasteiger partial charge in [-0.2, -0.15) is 0 Å². The fourth-order valence-electron chi connectivity index (χ4n) is 5.98. The molecule has 8 atom stereocenters. The molecule has 2 aliphatic rings. The molecule has 232 valence electrons. The Kier molecular flexibility index (Phi) is 7.42. The number of rotatable bonds is 9. The summed E-state index contributed by atoms with van der Waals surface area (Å²) in [6.45, 7) is 2.29. The highest BCUT2D eigenvalue weighted by atomic mass is 32.2. The van der Waals surface area contributed by atoms with Gasteiger partial charge in [-0.25, -0.2) is 29.9 Å². The summed E-state index contributed by atoms with van der Waals surface area (Å²) in [4.78, 5) is 25.4. The lowest BCUT2D eigenvalue weighted by atomic mass is 9.90. The minimum absolute atomic E-state index is 0.0447. The zero-order valence-corrected chi connectivity index (χ0v) is 23.9. The zero-order valence-electron chi connectivity index (χ0n) is 23.1. The van der Waals surface area contributed by atoms with Crippen molar-refractivity contribution in [3.63, 3.8) is 0 Å². The smallest absolute Gasteiger partial charge is 0.233 e. The molecule has 18 nitrogen and oxygen atoms in total. The molecule has 0 bridgehead atoms. The first-order valence-corrected chi connectivity index (χ1v) is 14.3. The molecule has 0 radical (unpaired) electrons. The number of anilines is 2. The van der Waals surface area contributed by atoms with Crippen molar-refractivity contribution in [2.45, 2.75) is 66.5 Å². The predicted octanol–water partition coefficient (Wildman–Crippen LogP) is -2.17. The Bertz CT molecular complexity index is 1640. The summed E-state index contributed by atoms with van der Waals surface area (Å²) >= 11 is 0.774. The lowest BCUT2D eigenvalue weighted by Crippen LogP contribution is -2.60. The first kappa shape index (κ1) is 29.8. The van der Waals surface area contributed by atoms with E-state index in [1.165, 1.54) is 34.4 Å². The van der Waals surface area contributed by atoms with Crippen molar-refractivity contribution in [1.82, 2.24) is 39.0 Å². The second-order valence-corrected chi connectivity index (χ2v) is 11.5. The molecule has 2 aliphatic heterocycles. The number of fused-ring (bicyclic) bond motifs is 2. The molecular weight excluding hydrogens is 588 g/mol. The Morgan fingerprint density at radius 2 is 1.42 bits per heavy atom. The van der Waals surface area contributed by atoms with Crippen LogP contribution in [0.1, 0.15) is 20.3 Å². The van der Waals surface area contributed by atoms with Crippen LogP contribution in [0.2, 0.25) is 0 Å².